The molecule has 7 nitrogen and oxygen atoms in total. The summed E-state index contributed by atoms with van der Waals surface area (Å²) in [5, 5.41) is 11.1. The number of fused-ring (bicyclic) bond motifs is 1. The molecule has 0 saturated carbocycles. The van der Waals surface area contributed by atoms with Crippen LogP contribution in [0.4, 0.5) is 5.69 Å². The minimum Gasteiger partial charge on any atom is -0.328 e. The van der Waals surface area contributed by atoms with E-state index in [1.54, 1.807) is 12.1 Å². The van der Waals surface area contributed by atoms with Crippen molar-refractivity contribution in [2.24, 2.45) is 0 Å². The smallest absolute Gasteiger partial charge is 0.271 e. The molecule has 7 heteroatoms. The fraction of sp³-hybridized carbons (Fsp3) is 0.632. The third-order valence-electron chi connectivity index (χ3n) is 5.11. The molecule has 0 radical (unpaired) electrons. The van der Waals surface area contributed by atoms with Crippen LogP contribution < -0.4 is 0 Å². The second-order valence-electron chi connectivity index (χ2n) is 7.42. The number of rotatable bonds is 8. The highest BCUT2D eigenvalue weighted by atomic mass is 16.6. The normalized spacial score (nSPS) is 15.8. The lowest BCUT2D eigenvalue weighted by atomic mass is 10.1. The van der Waals surface area contributed by atoms with E-state index in [1.165, 1.54) is 32.4 Å². The van der Waals surface area contributed by atoms with E-state index in [2.05, 4.69) is 28.5 Å². The number of imidazole rings is 1. The number of hydrogen-bond donors (Lipinski definition) is 0. The van der Waals surface area contributed by atoms with E-state index in [0.29, 0.717) is 0 Å². The molecule has 2 heterocycles. The van der Waals surface area contributed by atoms with Crippen molar-refractivity contribution >= 4 is 16.7 Å². The highest BCUT2D eigenvalue weighted by molar-refractivity contribution is 5.78. The van der Waals surface area contributed by atoms with Gasteiger partial charge in [0.05, 0.1) is 16.0 Å². The first-order valence-electron chi connectivity index (χ1n) is 9.55. The van der Waals surface area contributed by atoms with Gasteiger partial charge < -0.3 is 14.4 Å². The zero-order valence-corrected chi connectivity index (χ0v) is 15.9. The molecule has 0 bridgehead atoms. The molecule has 0 amide bonds. The van der Waals surface area contributed by atoms with Gasteiger partial charge in [-0.05, 0) is 59.1 Å². The van der Waals surface area contributed by atoms with E-state index in [9.17, 15) is 10.1 Å². The van der Waals surface area contributed by atoms with E-state index >= 15 is 0 Å². The Bertz CT molecular complexity index is 750. The Labute approximate surface area is 154 Å². The van der Waals surface area contributed by atoms with Gasteiger partial charge in [-0.25, -0.2) is 4.98 Å². The van der Waals surface area contributed by atoms with Crippen molar-refractivity contribution in [3.63, 3.8) is 0 Å². The van der Waals surface area contributed by atoms with Crippen molar-refractivity contribution in [1.29, 1.82) is 0 Å². The van der Waals surface area contributed by atoms with Crippen molar-refractivity contribution in [3.8, 4) is 0 Å². The maximum atomic E-state index is 11.1. The van der Waals surface area contributed by atoms with E-state index < -0.39 is 0 Å². The molecule has 1 aromatic carbocycles. The molecule has 1 aliphatic heterocycles. The number of aromatic nitrogens is 2. The third-order valence-corrected chi connectivity index (χ3v) is 5.11. The van der Waals surface area contributed by atoms with Crippen molar-refractivity contribution in [3.05, 3.63) is 34.1 Å². The number of benzene rings is 1. The highest BCUT2D eigenvalue weighted by Crippen LogP contribution is 2.23. The Morgan fingerprint density at radius 2 is 1.96 bits per heavy atom. The Balaban J connectivity index is 1.81. The standard InChI is InChI=1S/C19H29N5O2/c1-21(2)10-6-13-23-18-8-7-16(24(25)26)15-17(18)20-19(23)9-14-22-11-4-3-5-12-22/h7-8,15H,3-6,9-14H2,1-2H3. The Kier molecular flexibility index (Phi) is 6.21. The zero-order chi connectivity index (χ0) is 18.5. The molecule has 1 aliphatic rings. The van der Waals surface area contributed by atoms with Crippen LogP contribution in [0, 0.1) is 10.1 Å². The number of likely N-dealkylation sites (tertiary alicyclic amines) is 1. The second kappa shape index (κ2) is 8.60. The lowest BCUT2D eigenvalue weighted by Gasteiger charge is -2.26. The molecule has 1 fully saturated rings. The van der Waals surface area contributed by atoms with Gasteiger partial charge in [-0.2, -0.15) is 0 Å². The number of piperidine rings is 1. The summed E-state index contributed by atoms with van der Waals surface area (Å²) in [4.78, 5) is 20.2. The summed E-state index contributed by atoms with van der Waals surface area (Å²) in [6, 6.07) is 5.03. The van der Waals surface area contributed by atoms with Gasteiger partial charge in [-0.1, -0.05) is 6.42 Å². The first kappa shape index (κ1) is 18.8. The number of aryl methyl sites for hydroxylation is 1. The fourth-order valence-electron chi connectivity index (χ4n) is 3.71. The van der Waals surface area contributed by atoms with Crippen molar-refractivity contribution in [2.45, 2.75) is 38.6 Å². The first-order valence-corrected chi connectivity index (χ1v) is 9.55. The van der Waals surface area contributed by atoms with Crippen LogP contribution in [-0.4, -0.2) is 64.5 Å². The number of non-ortho nitro benzene ring substituents is 1. The summed E-state index contributed by atoms with van der Waals surface area (Å²) in [6.45, 7) is 5.26. The van der Waals surface area contributed by atoms with Crippen LogP contribution in [0.3, 0.4) is 0 Å². The molecule has 142 valence electrons. The lowest BCUT2D eigenvalue weighted by molar-refractivity contribution is -0.384. The van der Waals surface area contributed by atoms with Gasteiger partial charge in [0.2, 0.25) is 0 Å². The predicted molar refractivity (Wildman–Crippen MR) is 104 cm³/mol. The van der Waals surface area contributed by atoms with Gasteiger partial charge in [0.25, 0.3) is 5.69 Å². The lowest BCUT2D eigenvalue weighted by Crippen LogP contribution is -2.32. The largest absolute Gasteiger partial charge is 0.328 e. The molecule has 1 saturated heterocycles. The van der Waals surface area contributed by atoms with Crippen molar-refractivity contribution < 1.29 is 4.92 Å². The second-order valence-corrected chi connectivity index (χ2v) is 7.42. The van der Waals surface area contributed by atoms with Gasteiger partial charge in [0, 0.05) is 31.6 Å². The van der Waals surface area contributed by atoms with Crippen LogP contribution in [0.25, 0.3) is 11.0 Å². The monoisotopic (exact) mass is 359 g/mol. The Morgan fingerprint density at radius 3 is 2.65 bits per heavy atom. The fourth-order valence-corrected chi connectivity index (χ4v) is 3.71. The molecule has 26 heavy (non-hydrogen) atoms. The van der Waals surface area contributed by atoms with Crippen LogP contribution >= 0.6 is 0 Å². The van der Waals surface area contributed by atoms with Gasteiger partial charge in [-0.15, -0.1) is 0 Å². The van der Waals surface area contributed by atoms with Gasteiger partial charge in [-0.3, -0.25) is 10.1 Å². The molecular formula is C19H29N5O2. The molecule has 0 aliphatic carbocycles. The Morgan fingerprint density at radius 1 is 1.19 bits per heavy atom. The molecule has 0 N–H and O–H groups in total. The molecule has 2 aromatic rings. The summed E-state index contributed by atoms with van der Waals surface area (Å²) < 4.78 is 2.26. The average Bonchev–Trinajstić information content (AvgIpc) is 2.97. The summed E-state index contributed by atoms with van der Waals surface area (Å²) >= 11 is 0. The first-order chi connectivity index (χ1) is 12.5. The van der Waals surface area contributed by atoms with Crippen LogP contribution in [0.1, 0.15) is 31.5 Å². The van der Waals surface area contributed by atoms with E-state index in [1.807, 2.05) is 6.07 Å². The van der Waals surface area contributed by atoms with E-state index in [-0.39, 0.29) is 10.6 Å². The van der Waals surface area contributed by atoms with Crippen LogP contribution in [0.5, 0.6) is 0 Å². The van der Waals surface area contributed by atoms with Gasteiger partial charge in [0.15, 0.2) is 0 Å². The third kappa shape index (κ3) is 4.59. The summed E-state index contributed by atoms with van der Waals surface area (Å²) in [7, 11) is 4.15. The Hall–Kier alpha value is -1.99. The van der Waals surface area contributed by atoms with Crippen molar-refractivity contribution in [2.75, 3.05) is 40.3 Å². The minimum atomic E-state index is -0.349. The van der Waals surface area contributed by atoms with Gasteiger partial charge in [0.1, 0.15) is 5.82 Å². The minimum absolute atomic E-state index is 0.109. The topological polar surface area (TPSA) is 67.4 Å². The molecular weight excluding hydrogens is 330 g/mol. The zero-order valence-electron chi connectivity index (χ0n) is 15.9. The van der Waals surface area contributed by atoms with Crippen molar-refractivity contribution in [1.82, 2.24) is 19.4 Å². The van der Waals surface area contributed by atoms with Crippen LogP contribution in [0.15, 0.2) is 18.2 Å². The number of hydrogen-bond acceptors (Lipinski definition) is 5. The summed E-state index contributed by atoms with van der Waals surface area (Å²) in [6.07, 6.45) is 5.83. The molecule has 0 spiro atoms. The highest BCUT2D eigenvalue weighted by Gasteiger charge is 2.16. The maximum Gasteiger partial charge on any atom is 0.271 e. The summed E-state index contributed by atoms with van der Waals surface area (Å²) in [5.41, 5.74) is 1.85. The predicted octanol–water partition coefficient (Wildman–Crippen LogP) is 2.92. The molecule has 0 atom stereocenters. The number of nitro groups is 1. The number of nitro benzene ring substituents is 1. The molecule has 3 rings (SSSR count). The number of nitrogens with zero attached hydrogens (tertiary/aromatic N) is 5. The maximum absolute atomic E-state index is 11.1. The molecule has 0 unspecified atom stereocenters. The van der Waals surface area contributed by atoms with Crippen LogP contribution in [0.2, 0.25) is 0 Å². The van der Waals surface area contributed by atoms with E-state index in [4.69, 9.17) is 4.98 Å². The summed E-state index contributed by atoms with van der Waals surface area (Å²) in [5.74, 6) is 1.05. The SMILES string of the molecule is CN(C)CCCn1c(CCN2CCCCC2)nc2cc([N+](=O)[O-])ccc21. The van der Waals surface area contributed by atoms with E-state index in [0.717, 1.165) is 49.3 Å². The van der Waals surface area contributed by atoms with Gasteiger partial charge >= 0.3 is 0 Å². The average molecular weight is 359 g/mol. The molecule has 1 aromatic heterocycles. The van der Waals surface area contributed by atoms with Crippen LogP contribution in [-0.2, 0) is 13.0 Å². The quantitative estimate of drug-likeness (QED) is 0.535.